The van der Waals surface area contributed by atoms with E-state index in [4.69, 9.17) is 0 Å². The van der Waals surface area contributed by atoms with Gasteiger partial charge >= 0.3 is 0 Å². The van der Waals surface area contributed by atoms with E-state index in [1.165, 1.54) is 0 Å². The van der Waals surface area contributed by atoms with Crippen LogP contribution in [0.5, 0.6) is 0 Å². The van der Waals surface area contributed by atoms with Gasteiger partial charge in [-0.3, -0.25) is 0 Å². The molecule has 17 heavy (non-hydrogen) atoms. The molecule has 1 aromatic carbocycles. The van der Waals surface area contributed by atoms with E-state index < -0.39 is 0 Å². The van der Waals surface area contributed by atoms with Crippen LogP contribution in [-0.4, -0.2) is 9.51 Å². The van der Waals surface area contributed by atoms with Gasteiger partial charge in [0.05, 0.1) is 12.1 Å². The summed E-state index contributed by atoms with van der Waals surface area (Å²) in [6, 6.07) is 16.3. The molecule has 0 spiro atoms. The molecule has 0 aliphatic carbocycles. The molecule has 2 heteroatoms. The van der Waals surface area contributed by atoms with Crippen LogP contribution < -0.4 is 0 Å². The zero-order chi connectivity index (χ0) is 11.7. The minimum absolute atomic E-state index is 0.0614. The summed E-state index contributed by atoms with van der Waals surface area (Å²) in [5.41, 5.74) is 4.35. The van der Waals surface area contributed by atoms with Crippen LogP contribution in [0.25, 0.3) is 16.6 Å². The van der Waals surface area contributed by atoms with Gasteiger partial charge in [0.25, 0.3) is 0 Å². The van der Waals surface area contributed by atoms with Gasteiger partial charge in [-0.2, -0.15) is 0 Å². The standard InChI is InChI=1S/C15H13NO/c17-11-13-10-16-9-5-4-8-14(16)15(13)12-6-2-1-3-7-12/h1-10,17H,11H2. The predicted molar refractivity (Wildman–Crippen MR) is 68.8 cm³/mol. The molecule has 0 amide bonds. The van der Waals surface area contributed by atoms with Crippen LogP contribution >= 0.6 is 0 Å². The van der Waals surface area contributed by atoms with Gasteiger partial charge in [0.1, 0.15) is 0 Å². The summed E-state index contributed by atoms with van der Waals surface area (Å²) >= 11 is 0. The van der Waals surface area contributed by atoms with Crippen molar-refractivity contribution >= 4 is 5.52 Å². The van der Waals surface area contributed by atoms with Crippen molar-refractivity contribution in [3.63, 3.8) is 0 Å². The number of nitrogens with zero attached hydrogens (tertiary/aromatic N) is 1. The van der Waals surface area contributed by atoms with Crippen molar-refractivity contribution < 1.29 is 5.11 Å². The maximum absolute atomic E-state index is 9.47. The van der Waals surface area contributed by atoms with Crippen molar-refractivity contribution in [1.82, 2.24) is 4.40 Å². The first-order valence-electron chi connectivity index (χ1n) is 5.65. The van der Waals surface area contributed by atoms with E-state index in [-0.39, 0.29) is 6.61 Å². The number of pyridine rings is 1. The van der Waals surface area contributed by atoms with Gasteiger partial charge in [0.15, 0.2) is 0 Å². The van der Waals surface area contributed by atoms with Crippen LogP contribution in [-0.2, 0) is 6.61 Å². The highest BCUT2D eigenvalue weighted by atomic mass is 16.3. The number of benzene rings is 1. The fourth-order valence-corrected chi connectivity index (χ4v) is 2.24. The van der Waals surface area contributed by atoms with Gasteiger partial charge in [0.2, 0.25) is 0 Å². The van der Waals surface area contributed by atoms with Crippen LogP contribution in [0.1, 0.15) is 5.56 Å². The number of rotatable bonds is 2. The van der Waals surface area contributed by atoms with Gasteiger partial charge in [0, 0.05) is 23.5 Å². The second-order valence-electron chi connectivity index (χ2n) is 4.05. The zero-order valence-electron chi connectivity index (χ0n) is 9.38. The second kappa shape index (κ2) is 4.07. The Hall–Kier alpha value is -2.06. The van der Waals surface area contributed by atoms with E-state index in [9.17, 15) is 5.11 Å². The first-order chi connectivity index (χ1) is 8.40. The number of aliphatic hydroxyl groups is 1. The van der Waals surface area contributed by atoms with E-state index in [0.29, 0.717) is 0 Å². The Morgan fingerprint density at radius 3 is 2.47 bits per heavy atom. The zero-order valence-corrected chi connectivity index (χ0v) is 9.38. The number of hydrogen-bond donors (Lipinski definition) is 1. The van der Waals surface area contributed by atoms with Gasteiger partial charge in [-0.25, -0.2) is 0 Å². The van der Waals surface area contributed by atoms with Gasteiger partial charge in [-0.15, -0.1) is 0 Å². The monoisotopic (exact) mass is 223 g/mol. The lowest BCUT2D eigenvalue weighted by Crippen LogP contribution is -1.83. The number of aliphatic hydroxyl groups excluding tert-OH is 1. The molecule has 3 aromatic rings. The molecule has 0 radical (unpaired) electrons. The fraction of sp³-hybridized carbons (Fsp3) is 0.0667. The number of aromatic nitrogens is 1. The predicted octanol–water partition coefficient (Wildman–Crippen LogP) is 3.10. The lowest BCUT2D eigenvalue weighted by Gasteiger charge is -2.02. The molecule has 0 unspecified atom stereocenters. The van der Waals surface area contributed by atoms with Gasteiger partial charge in [-0.1, -0.05) is 36.4 Å². The maximum atomic E-state index is 9.47. The summed E-state index contributed by atoms with van der Waals surface area (Å²) in [4.78, 5) is 0. The van der Waals surface area contributed by atoms with E-state index >= 15 is 0 Å². The van der Waals surface area contributed by atoms with E-state index in [1.807, 2.05) is 47.1 Å². The van der Waals surface area contributed by atoms with E-state index in [0.717, 1.165) is 22.2 Å². The second-order valence-corrected chi connectivity index (χ2v) is 4.05. The SMILES string of the molecule is OCc1cn2ccccc2c1-c1ccccc1. The van der Waals surface area contributed by atoms with Crippen molar-refractivity contribution in [2.45, 2.75) is 6.61 Å². The smallest absolute Gasteiger partial charge is 0.0703 e. The Morgan fingerprint density at radius 1 is 0.941 bits per heavy atom. The van der Waals surface area contributed by atoms with Crippen molar-refractivity contribution in [3.8, 4) is 11.1 Å². The van der Waals surface area contributed by atoms with Crippen molar-refractivity contribution in [2.24, 2.45) is 0 Å². The summed E-state index contributed by atoms with van der Waals surface area (Å²) in [6.07, 6.45) is 3.98. The van der Waals surface area contributed by atoms with Crippen LogP contribution in [0.4, 0.5) is 0 Å². The summed E-state index contributed by atoms with van der Waals surface area (Å²) in [7, 11) is 0. The Balaban J connectivity index is 2.34. The summed E-state index contributed by atoms with van der Waals surface area (Å²) in [5.74, 6) is 0. The average molecular weight is 223 g/mol. The number of fused-ring (bicyclic) bond motifs is 1. The molecule has 0 saturated heterocycles. The first-order valence-corrected chi connectivity index (χ1v) is 5.65. The highest BCUT2D eigenvalue weighted by Gasteiger charge is 2.10. The quantitative estimate of drug-likeness (QED) is 0.709. The molecule has 2 aromatic heterocycles. The third kappa shape index (κ3) is 1.63. The molecule has 2 nitrogen and oxygen atoms in total. The summed E-state index contributed by atoms with van der Waals surface area (Å²) in [5, 5.41) is 9.47. The van der Waals surface area contributed by atoms with E-state index in [1.54, 1.807) is 0 Å². The minimum atomic E-state index is 0.0614. The fourth-order valence-electron chi connectivity index (χ4n) is 2.24. The molecule has 0 aliphatic rings. The highest BCUT2D eigenvalue weighted by Crippen LogP contribution is 2.29. The topological polar surface area (TPSA) is 24.6 Å². The molecule has 1 N–H and O–H groups in total. The Morgan fingerprint density at radius 2 is 1.71 bits per heavy atom. The third-order valence-electron chi connectivity index (χ3n) is 3.00. The molecule has 0 fully saturated rings. The van der Waals surface area contributed by atoms with Crippen LogP contribution in [0.15, 0.2) is 60.9 Å². The lowest BCUT2D eigenvalue weighted by molar-refractivity contribution is 0.282. The van der Waals surface area contributed by atoms with Crippen LogP contribution in [0.3, 0.4) is 0 Å². The molecule has 3 rings (SSSR count). The van der Waals surface area contributed by atoms with Crippen molar-refractivity contribution in [3.05, 3.63) is 66.5 Å². The molecule has 0 saturated carbocycles. The Bertz CT molecular complexity index is 640. The van der Waals surface area contributed by atoms with E-state index in [2.05, 4.69) is 18.2 Å². The molecule has 0 aliphatic heterocycles. The Labute approximate surface area is 99.8 Å². The summed E-state index contributed by atoms with van der Waals surface area (Å²) in [6.45, 7) is 0.0614. The molecule has 0 bridgehead atoms. The molecule has 84 valence electrons. The number of hydrogen-bond acceptors (Lipinski definition) is 1. The molecular formula is C15H13NO. The lowest BCUT2D eigenvalue weighted by atomic mass is 10.0. The van der Waals surface area contributed by atoms with Crippen LogP contribution in [0, 0.1) is 0 Å². The highest BCUT2D eigenvalue weighted by molar-refractivity contribution is 5.84. The maximum Gasteiger partial charge on any atom is 0.0703 e. The van der Waals surface area contributed by atoms with Crippen molar-refractivity contribution in [2.75, 3.05) is 0 Å². The van der Waals surface area contributed by atoms with Gasteiger partial charge in [-0.05, 0) is 17.7 Å². The summed E-state index contributed by atoms with van der Waals surface area (Å²) < 4.78 is 2.05. The molecular weight excluding hydrogens is 210 g/mol. The largest absolute Gasteiger partial charge is 0.392 e. The normalized spacial score (nSPS) is 10.9. The molecule has 2 heterocycles. The third-order valence-corrected chi connectivity index (χ3v) is 3.00. The minimum Gasteiger partial charge on any atom is -0.392 e. The van der Waals surface area contributed by atoms with Crippen LogP contribution in [0.2, 0.25) is 0 Å². The van der Waals surface area contributed by atoms with Gasteiger partial charge < -0.3 is 9.51 Å². The molecule has 0 atom stereocenters. The average Bonchev–Trinajstić information content (AvgIpc) is 2.78. The van der Waals surface area contributed by atoms with Crippen molar-refractivity contribution in [1.29, 1.82) is 0 Å². The Kier molecular flexibility index (Phi) is 2.42. The first kappa shape index (κ1) is 10.1.